The Hall–Kier alpha value is -1.86. The molecule has 168 valence electrons. The van der Waals surface area contributed by atoms with E-state index in [9.17, 15) is 0 Å². The van der Waals surface area contributed by atoms with Gasteiger partial charge in [0.15, 0.2) is 0 Å². The fraction of sp³-hybridized carbons (Fsp3) is 0.533. The predicted octanol–water partition coefficient (Wildman–Crippen LogP) is 7.74. The van der Waals surface area contributed by atoms with Gasteiger partial charge in [-0.15, -0.1) is 6.58 Å². The Morgan fingerprint density at radius 1 is 0.968 bits per heavy atom. The van der Waals surface area contributed by atoms with Crippen LogP contribution in [-0.4, -0.2) is 24.0 Å². The zero-order valence-electron chi connectivity index (χ0n) is 20.0. The van der Waals surface area contributed by atoms with Crippen LogP contribution >= 0.6 is 0 Å². The predicted molar refractivity (Wildman–Crippen MR) is 135 cm³/mol. The van der Waals surface area contributed by atoms with Crippen LogP contribution in [0.4, 0.5) is 0 Å². The van der Waals surface area contributed by atoms with E-state index in [1.54, 1.807) is 0 Å². The van der Waals surface area contributed by atoms with Crippen LogP contribution in [0.2, 0.25) is 0 Å². The smallest absolute Gasteiger partial charge is 0.00700 e. The molecule has 2 aromatic rings. The highest BCUT2D eigenvalue weighted by Gasteiger charge is 2.30. The van der Waals surface area contributed by atoms with E-state index in [-0.39, 0.29) is 0 Å². The maximum Gasteiger partial charge on any atom is 0.00700 e. The van der Waals surface area contributed by atoms with E-state index < -0.39 is 0 Å². The fourth-order valence-corrected chi connectivity index (χ4v) is 5.40. The van der Waals surface area contributed by atoms with E-state index in [4.69, 9.17) is 0 Å². The second-order valence-corrected chi connectivity index (χ2v) is 10.2. The second kappa shape index (κ2) is 12.2. The number of hydrogen-bond acceptors (Lipinski definition) is 1. The highest BCUT2D eigenvalue weighted by molar-refractivity contribution is 5.21. The minimum atomic E-state index is 0.560. The van der Waals surface area contributed by atoms with Gasteiger partial charge < -0.3 is 4.90 Å². The Balaban J connectivity index is 1.63. The van der Waals surface area contributed by atoms with Crippen LogP contribution in [-0.2, 0) is 6.42 Å². The summed E-state index contributed by atoms with van der Waals surface area (Å²) in [5.41, 5.74) is 2.96. The SMILES string of the molecule is C=CC(Cc1ccccc1)C(CCCC(C)C)CC(C)N1CCC(c2ccccc2)C1. The van der Waals surface area contributed by atoms with Gasteiger partial charge in [0, 0.05) is 12.6 Å². The summed E-state index contributed by atoms with van der Waals surface area (Å²) in [5.74, 6) is 2.76. The molecule has 0 aliphatic carbocycles. The summed E-state index contributed by atoms with van der Waals surface area (Å²) in [6, 6.07) is 22.7. The molecule has 1 nitrogen and oxygen atoms in total. The maximum atomic E-state index is 4.26. The molecule has 31 heavy (non-hydrogen) atoms. The molecule has 3 rings (SSSR count). The minimum absolute atomic E-state index is 0.560. The highest BCUT2D eigenvalue weighted by Crippen LogP contribution is 2.33. The number of hydrogen-bond donors (Lipinski definition) is 0. The van der Waals surface area contributed by atoms with E-state index in [1.165, 1.54) is 56.3 Å². The van der Waals surface area contributed by atoms with Gasteiger partial charge in [-0.3, -0.25) is 0 Å². The minimum Gasteiger partial charge on any atom is -0.300 e. The first-order valence-corrected chi connectivity index (χ1v) is 12.5. The highest BCUT2D eigenvalue weighted by atomic mass is 15.2. The Morgan fingerprint density at radius 3 is 2.29 bits per heavy atom. The third kappa shape index (κ3) is 7.35. The van der Waals surface area contributed by atoms with Gasteiger partial charge in [-0.1, -0.05) is 93.4 Å². The van der Waals surface area contributed by atoms with Crippen molar-refractivity contribution in [2.45, 2.75) is 71.3 Å². The van der Waals surface area contributed by atoms with Crippen LogP contribution in [0.3, 0.4) is 0 Å². The molecule has 1 aliphatic heterocycles. The lowest BCUT2D eigenvalue weighted by Gasteiger charge is -2.32. The molecule has 0 amide bonds. The largest absolute Gasteiger partial charge is 0.300 e. The monoisotopic (exact) mass is 417 g/mol. The molecule has 0 spiro atoms. The van der Waals surface area contributed by atoms with Gasteiger partial charge in [0.25, 0.3) is 0 Å². The topological polar surface area (TPSA) is 3.24 Å². The van der Waals surface area contributed by atoms with Gasteiger partial charge in [0.05, 0.1) is 0 Å². The molecule has 1 heteroatoms. The number of rotatable bonds is 12. The van der Waals surface area contributed by atoms with Crippen LogP contribution in [0.15, 0.2) is 73.3 Å². The van der Waals surface area contributed by atoms with Gasteiger partial charge in [-0.25, -0.2) is 0 Å². The van der Waals surface area contributed by atoms with Gasteiger partial charge in [0.1, 0.15) is 0 Å². The van der Waals surface area contributed by atoms with Crippen LogP contribution < -0.4 is 0 Å². The Labute approximate surface area is 191 Å². The molecule has 1 aliphatic rings. The van der Waals surface area contributed by atoms with E-state index in [0.717, 1.165) is 12.3 Å². The summed E-state index contributed by atoms with van der Waals surface area (Å²) in [6.45, 7) is 13.9. The molecule has 4 atom stereocenters. The van der Waals surface area contributed by atoms with Crippen molar-refractivity contribution in [2.75, 3.05) is 13.1 Å². The summed E-state index contributed by atoms with van der Waals surface area (Å²) in [6.07, 6.45) is 9.93. The quantitative estimate of drug-likeness (QED) is 0.319. The maximum absolute atomic E-state index is 4.26. The number of allylic oxidation sites excluding steroid dienone is 1. The van der Waals surface area contributed by atoms with Gasteiger partial charge in [-0.2, -0.15) is 0 Å². The van der Waals surface area contributed by atoms with Gasteiger partial charge in [-0.05, 0) is 74.0 Å². The van der Waals surface area contributed by atoms with E-state index in [2.05, 4.69) is 99.0 Å². The number of benzene rings is 2. The first-order chi connectivity index (χ1) is 15.1. The van der Waals surface area contributed by atoms with E-state index >= 15 is 0 Å². The fourth-order valence-electron chi connectivity index (χ4n) is 5.40. The third-order valence-electron chi connectivity index (χ3n) is 7.34. The van der Waals surface area contributed by atoms with Crippen molar-refractivity contribution in [1.82, 2.24) is 4.90 Å². The Kier molecular flexibility index (Phi) is 9.40. The Morgan fingerprint density at radius 2 is 1.65 bits per heavy atom. The van der Waals surface area contributed by atoms with Crippen molar-refractivity contribution in [2.24, 2.45) is 17.8 Å². The first kappa shape index (κ1) is 23.8. The summed E-state index contributed by atoms with van der Waals surface area (Å²) in [4.78, 5) is 2.75. The molecule has 0 N–H and O–H groups in total. The van der Waals surface area contributed by atoms with Crippen LogP contribution in [0.5, 0.6) is 0 Å². The van der Waals surface area contributed by atoms with Crippen LogP contribution in [0.1, 0.15) is 69.9 Å². The average Bonchev–Trinajstić information content (AvgIpc) is 3.28. The van der Waals surface area contributed by atoms with E-state index in [0.29, 0.717) is 23.8 Å². The molecular weight excluding hydrogens is 374 g/mol. The molecule has 1 saturated heterocycles. The zero-order valence-corrected chi connectivity index (χ0v) is 20.0. The first-order valence-electron chi connectivity index (χ1n) is 12.5. The standard InChI is InChI=1S/C30H43N/c1-5-27(22-26-14-8-6-9-15-26)29(18-12-13-24(2)3)21-25(4)31-20-19-30(23-31)28-16-10-7-11-17-28/h5-11,14-17,24-25,27,29-30H,1,12-13,18-23H2,2-4H3. The Bertz CT molecular complexity index is 750. The van der Waals surface area contributed by atoms with E-state index in [1.807, 2.05) is 0 Å². The second-order valence-electron chi connectivity index (χ2n) is 10.2. The van der Waals surface area contributed by atoms with Crippen molar-refractivity contribution in [3.8, 4) is 0 Å². The van der Waals surface area contributed by atoms with Crippen molar-refractivity contribution >= 4 is 0 Å². The zero-order chi connectivity index (χ0) is 22.1. The lowest BCUT2D eigenvalue weighted by Crippen LogP contribution is -2.34. The molecular formula is C30H43N. The van der Waals surface area contributed by atoms with Crippen molar-refractivity contribution in [3.05, 3.63) is 84.4 Å². The van der Waals surface area contributed by atoms with Gasteiger partial charge >= 0.3 is 0 Å². The summed E-state index contributed by atoms with van der Waals surface area (Å²) >= 11 is 0. The lowest BCUT2D eigenvalue weighted by atomic mass is 9.79. The number of nitrogens with zero attached hydrogens (tertiary/aromatic N) is 1. The molecule has 0 aromatic heterocycles. The lowest BCUT2D eigenvalue weighted by molar-refractivity contribution is 0.191. The average molecular weight is 418 g/mol. The van der Waals surface area contributed by atoms with Gasteiger partial charge in [0.2, 0.25) is 0 Å². The molecule has 4 unspecified atom stereocenters. The molecule has 1 fully saturated rings. The normalized spacial score (nSPS) is 19.9. The van der Waals surface area contributed by atoms with Crippen molar-refractivity contribution in [3.63, 3.8) is 0 Å². The molecule has 0 saturated carbocycles. The van der Waals surface area contributed by atoms with Crippen molar-refractivity contribution in [1.29, 1.82) is 0 Å². The molecule has 2 aromatic carbocycles. The van der Waals surface area contributed by atoms with Crippen molar-refractivity contribution < 1.29 is 0 Å². The third-order valence-corrected chi connectivity index (χ3v) is 7.34. The van der Waals surface area contributed by atoms with Crippen LogP contribution in [0.25, 0.3) is 0 Å². The molecule has 0 radical (unpaired) electrons. The molecule has 1 heterocycles. The summed E-state index contributed by atoms with van der Waals surface area (Å²) in [5, 5.41) is 0. The summed E-state index contributed by atoms with van der Waals surface area (Å²) in [7, 11) is 0. The van der Waals surface area contributed by atoms with Crippen LogP contribution in [0, 0.1) is 17.8 Å². The number of likely N-dealkylation sites (tertiary alicyclic amines) is 1. The molecule has 0 bridgehead atoms. The summed E-state index contributed by atoms with van der Waals surface area (Å²) < 4.78 is 0.